The van der Waals surface area contributed by atoms with Crippen molar-refractivity contribution in [3.05, 3.63) is 70.3 Å². The Bertz CT molecular complexity index is 1090. The number of carbonyl (C=O) groups is 1. The van der Waals surface area contributed by atoms with E-state index in [1.807, 2.05) is 31.2 Å². The summed E-state index contributed by atoms with van der Waals surface area (Å²) < 4.78 is 41.3. The lowest BCUT2D eigenvalue weighted by molar-refractivity contribution is -0.147. The summed E-state index contributed by atoms with van der Waals surface area (Å²) in [4.78, 5) is 18.5. The molecule has 4 rings (SSSR count). The maximum atomic E-state index is 13.8. The van der Waals surface area contributed by atoms with Crippen molar-refractivity contribution in [2.45, 2.75) is 70.6 Å². The van der Waals surface area contributed by atoms with Crippen LogP contribution in [0.1, 0.15) is 79.2 Å². The standard InChI is InChI=1S/C29H35F3N2O3/c1-20(23-12-9-21(10-13-23)6-5-15-34-17-25(18-34)28(35)36)33-37-19-22-11-14-26(24-7-3-2-4-8-24)27(16-22)29(30,31)32/h9-14,16,24-25H,2-8,15,17-19H2,1H3,(H,35,36). The summed E-state index contributed by atoms with van der Waals surface area (Å²) in [7, 11) is 0. The van der Waals surface area contributed by atoms with Gasteiger partial charge in [0.25, 0.3) is 0 Å². The van der Waals surface area contributed by atoms with Gasteiger partial charge in [0.05, 0.1) is 17.2 Å². The number of aryl methyl sites for hydroxylation is 1. The molecule has 0 spiro atoms. The number of oxime groups is 1. The van der Waals surface area contributed by atoms with Crippen molar-refractivity contribution in [3.63, 3.8) is 0 Å². The first-order valence-electron chi connectivity index (χ1n) is 13.1. The molecule has 1 saturated heterocycles. The Labute approximate surface area is 216 Å². The topological polar surface area (TPSA) is 62.1 Å². The average molecular weight is 517 g/mol. The Kier molecular flexibility index (Phi) is 8.90. The number of nitrogens with zero attached hydrogens (tertiary/aromatic N) is 2. The lowest BCUT2D eigenvalue weighted by Crippen LogP contribution is -2.50. The number of hydrogen-bond donors (Lipinski definition) is 1. The van der Waals surface area contributed by atoms with Crippen LogP contribution in [0.5, 0.6) is 0 Å². The summed E-state index contributed by atoms with van der Waals surface area (Å²) in [6.07, 6.45) is 2.16. The fraction of sp³-hybridized carbons (Fsp3) is 0.517. The average Bonchev–Trinajstić information content (AvgIpc) is 2.85. The van der Waals surface area contributed by atoms with Crippen molar-refractivity contribution >= 4 is 11.7 Å². The summed E-state index contributed by atoms with van der Waals surface area (Å²) in [6, 6.07) is 12.5. The zero-order valence-electron chi connectivity index (χ0n) is 21.3. The van der Waals surface area contributed by atoms with Crippen LogP contribution in [0.15, 0.2) is 47.6 Å². The third kappa shape index (κ3) is 7.34. The van der Waals surface area contributed by atoms with Gasteiger partial charge >= 0.3 is 12.1 Å². The van der Waals surface area contributed by atoms with Crippen molar-refractivity contribution in [3.8, 4) is 0 Å². The fourth-order valence-electron chi connectivity index (χ4n) is 5.29. The molecule has 1 heterocycles. The Balaban J connectivity index is 1.28. The van der Waals surface area contributed by atoms with Crippen LogP contribution in [0.4, 0.5) is 13.2 Å². The molecule has 2 aromatic carbocycles. The molecule has 2 aliphatic rings. The van der Waals surface area contributed by atoms with Crippen molar-refractivity contribution in [1.29, 1.82) is 0 Å². The van der Waals surface area contributed by atoms with E-state index in [0.717, 1.165) is 57.1 Å². The van der Waals surface area contributed by atoms with Gasteiger partial charge in [-0.05, 0) is 73.4 Å². The van der Waals surface area contributed by atoms with Crippen LogP contribution in [0.25, 0.3) is 0 Å². The zero-order chi connectivity index (χ0) is 26.4. The number of halogens is 3. The summed E-state index contributed by atoms with van der Waals surface area (Å²) in [6.45, 7) is 3.93. The minimum Gasteiger partial charge on any atom is -0.481 e. The molecule has 1 N–H and O–H groups in total. The molecule has 0 radical (unpaired) electrons. The largest absolute Gasteiger partial charge is 0.481 e. The van der Waals surface area contributed by atoms with E-state index in [1.165, 1.54) is 11.6 Å². The van der Waals surface area contributed by atoms with Crippen LogP contribution in [0.3, 0.4) is 0 Å². The number of carboxylic acids is 1. The third-order valence-electron chi connectivity index (χ3n) is 7.52. The van der Waals surface area contributed by atoms with E-state index in [2.05, 4.69) is 10.1 Å². The van der Waals surface area contributed by atoms with Crippen LogP contribution in [0, 0.1) is 5.92 Å². The van der Waals surface area contributed by atoms with E-state index < -0.39 is 17.7 Å². The van der Waals surface area contributed by atoms with E-state index in [1.54, 1.807) is 12.1 Å². The smallest absolute Gasteiger partial charge is 0.416 e. The second-order valence-corrected chi connectivity index (χ2v) is 10.3. The molecule has 1 saturated carbocycles. The second-order valence-electron chi connectivity index (χ2n) is 10.3. The number of likely N-dealkylation sites (tertiary alicyclic amines) is 1. The lowest BCUT2D eigenvalue weighted by atomic mass is 9.81. The van der Waals surface area contributed by atoms with Crippen LogP contribution >= 0.6 is 0 Å². The van der Waals surface area contributed by atoms with E-state index in [-0.39, 0.29) is 18.4 Å². The molecule has 1 aliphatic carbocycles. The molecular formula is C29H35F3N2O3. The minimum absolute atomic E-state index is 0.0245. The lowest BCUT2D eigenvalue weighted by Gasteiger charge is -2.36. The molecule has 0 amide bonds. The van der Waals surface area contributed by atoms with Crippen molar-refractivity contribution < 1.29 is 27.9 Å². The van der Waals surface area contributed by atoms with Gasteiger partial charge < -0.3 is 14.8 Å². The van der Waals surface area contributed by atoms with E-state index in [4.69, 9.17) is 9.94 Å². The molecule has 2 fully saturated rings. The van der Waals surface area contributed by atoms with E-state index in [9.17, 15) is 18.0 Å². The van der Waals surface area contributed by atoms with Gasteiger partial charge in [-0.1, -0.05) is 60.8 Å². The summed E-state index contributed by atoms with van der Waals surface area (Å²) in [5.74, 6) is -0.966. The van der Waals surface area contributed by atoms with Gasteiger partial charge in [0, 0.05) is 13.1 Å². The maximum Gasteiger partial charge on any atom is 0.416 e. The van der Waals surface area contributed by atoms with Gasteiger partial charge in [-0.3, -0.25) is 4.79 Å². The van der Waals surface area contributed by atoms with Gasteiger partial charge in [0.1, 0.15) is 6.61 Å². The van der Waals surface area contributed by atoms with Crippen molar-refractivity contribution in [1.82, 2.24) is 4.90 Å². The highest BCUT2D eigenvalue weighted by Gasteiger charge is 2.36. The molecule has 0 aromatic heterocycles. The zero-order valence-corrected chi connectivity index (χ0v) is 21.3. The molecule has 8 heteroatoms. The molecule has 0 unspecified atom stereocenters. The molecule has 0 bridgehead atoms. The summed E-state index contributed by atoms with van der Waals surface area (Å²) >= 11 is 0. The maximum absolute atomic E-state index is 13.8. The highest BCUT2D eigenvalue weighted by atomic mass is 19.4. The van der Waals surface area contributed by atoms with Gasteiger partial charge in [-0.2, -0.15) is 13.2 Å². The minimum atomic E-state index is -4.39. The number of benzene rings is 2. The SMILES string of the molecule is CC(=NOCc1ccc(C2CCCCC2)c(C(F)(F)F)c1)c1ccc(CCCN2CC(C(=O)O)C2)cc1. The normalized spacial score (nSPS) is 18.0. The Morgan fingerprint density at radius 2 is 1.73 bits per heavy atom. The number of alkyl halides is 3. The van der Waals surface area contributed by atoms with Crippen molar-refractivity contribution in [2.24, 2.45) is 11.1 Å². The van der Waals surface area contributed by atoms with Crippen LogP contribution < -0.4 is 0 Å². The molecule has 37 heavy (non-hydrogen) atoms. The number of aliphatic carboxylic acids is 1. The second kappa shape index (κ2) is 12.1. The third-order valence-corrected chi connectivity index (χ3v) is 7.52. The van der Waals surface area contributed by atoms with Crippen molar-refractivity contribution in [2.75, 3.05) is 19.6 Å². The Morgan fingerprint density at radius 3 is 2.38 bits per heavy atom. The molecule has 200 valence electrons. The fourth-order valence-corrected chi connectivity index (χ4v) is 5.29. The first-order valence-corrected chi connectivity index (χ1v) is 13.1. The van der Waals surface area contributed by atoms with Crippen LogP contribution in [-0.4, -0.2) is 41.3 Å². The molecule has 1 aliphatic heterocycles. The van der Waals surface area contributed by atoms with E-state index >= 15 is 0 Å². The van der Waals surface area contributed by atoms with E-state index in [0.29, 0.717) is 29.9 Å². The van der Waals surface area contributed by atoms with Gasteiger partial charge in [-0.15, -0.1) is 0 Å². The van der Waals surface area contributed by atoms with Gasteiger partial charge in [0.15, 0.2) is 0 Å². The molecular weight excluding hydrogens is 481 g/mol. The predicted octanol–water partition coefficient (Wildman–Crippen LogP) is 6.64. The molecule has 5 nitrogen and oxygen atoms in total. The Morgan fingerprint density at radius 1 is 1.05 bits per heavy atom. The first kappa shape index (κ1) is 27.2. The van der Waals surface area contributed by atoms with Gasteiger partial charge in [0.2, 0.25) is 0 Å². The summed E-state index contributed by atoms with van der Waals surface area (Å²) in [5.41, 5.74) is 3.04. The molecule has 2 aromatic rings. The number of hydrogen-bond acceptors (Lipinski definition) is 4. The highest BCUT2D eigenvalue weighted by molar-refractivity contribution is 5.98. The summed E-state index contributed by atoms with van der Waals surface area (Å²) in [5, 5.41) is 13.1. The number of rotatable bonds is 10. The van der Waals surface area contributed by atoms with Crippen LogP contribution in [-0.2, 0) is 28.8 Å². The van der Waals surface area contributed by atoms with Gasteiger partial charge in [-0.25, -0.2) is 0 Å². The molecule has 0 atom stereocenters. The number of carboxylic acid groups (broad SMARTS) is 1. The van der Waals surface area contributed by atoms with Crippen LogP contribution in [0.2, 0.25) is 0 Å². The first-order chi connectivity index (χ1) is 17.7. The quantitative estimate of drug-likeness (QED) is 0.284. The highest BCUT2D eigenvalue weighted by Crippen LogP contribution is 2.41. The Hall–Kier alpha value is -2.87. The predicted molar refractivity (Wildman–Crippen MR) is 137 cm³/mol. The monoisotopic (exact) mass is 516 g/mol.